The van der Waals surface area contributed by atoms with Crippen LogP contribution in [-0.2, 0) is 0 Å². The van der Waals surface area contributed by atoms with Crippen molar-refractivity contribution in [1.82, 2.24) is 4.98 Å². The highest BCUT2D eigenvalue weighted by Gasteiger charge is 2.06. The van der Waals surface area contributed by atoms with Crippen LogP contribution in [0.1, 0.15) is 50.3 Å². The first kappa shape index (κ1) is 20.6. The van der Waals surface area contributed by atoms with E-state index in [2.05, 4.69) is 11.9 Å². The molecule has 0 saturated carbocycles. The minimum atomic E-state index is -0.421. The lowest BCUT2D eigenvalue weighted by atomic mass is 10.2. The zero-order valence-electron chi connectivity index (χ0n) is 16.8. The second-order valence-electron chi connectivity index (χ2n) is 6.94. The van der Waals surface area contributed by atoms with E-state index in [1.807, 2.05) is 66.7 Å². The van der Waals surface area contributed by atoms with Gasteiger partial charge in [-0.1, -0.05) is 69.0 Å². The van der Waals surface area contributed by atoms with Crippen LogP contribution in [0.15, 0.2) is 69.9 Å². The number of nitrogens with zero attached hydrogens (tertiary/aromatic N) is 1. The topological polar surface area (TPSA) is 52.3 Å². The summed E-state index contributed by atoms with van der Waals surface area (Å²) in [6, 6.07) is 18.8. The van der Waals surface area contributed by atoms with E-state index in [0.29, 0.717) is 11.6 Å². The van der Waals surface area contributed by atoms with Gasteiger partial charge in [0.25, 0.3) is 0 Å². The predicted octanol–water partition coefficient (Wildman–Crippen LogP) is 6.22. The summed E-state index contributed by atoms with van der Waals surface area (Å²) in [4.78, 5) is 16.4. The first-order valence-corrected chi connectivity index (χ1v) is 10.2. The number of hydrogen-bond donors (Lipinski definition) is 0. The summed E-state index contributed by atoms with van der Waals surface area (Å²) in [5.41, 5.74) is 1.93. The average Bonchev–Trinajstić information content (AvgIpc) is 2.75. The van der Waals surface area contributed by atoms with E-state index < -0.39 is 5.63 Å². The van der Waals surface area contributed by atoms with E-state index in [9.17, 15) is 4.79 Å². The van der Waals surface area contributed by atoms with Crippen LogP contribution >= 0.6 is 0 Å². The Labute approximate surface area is 171 Å². The van der Waals surface area contributed by atoms with Gasteiger partial charge >= 0.3 is 5.63 Å². The molecule has 0 aliphatic carbocycles. The van der Waals surface area contributed by atoms with Crippen LogP contribution in [-0.4, -0.2) is 11.6 Å². The summed E-state index contributed by atoms with van der Waals surface area (Å²) in [5.74, 6) is 1.11. The normalized spacial score (nSPS) is 11.1. The first-order chi connectivity index (χ1) is 14.2. The number of benzene rings is 2. The highest BCUT2D eigenvalue weighted by Crippen LogP contribution is 2.21. The number of hydrogen-bond acceptors (Lipinski definition) is 4. The Morgan fingerprint density at radius 3 is 2.45 bits per heavy atom. The predicted molar refractivity (Wildman–Crippen MR) is 118 cm³/mol. The Hall–Kier alpha value is -3.14. The Bertz CT molecular complexity index is 959. The third-order valence-corrected chi connectivity index (χ3v) is 4.56. The molecule has 0 amide bonds. The number of rotatable bonds is 10. The van der Waals surface area contributed by atoms with Gasteiger partial charge in [-0.15, -0.1) is 0 Å². The van der Waals surface area contributed by atoms with Crippen LogP contribution in [0.2, 0.25) is 0 Å². The molecule has 0 saturated heterocycles. The first-order valence-electron chi connectivity index (χ1n) is 10.2. The fraction of sp³-hybridized carbons (Fsp3) is 0.280. The maximum Gasteiger partial charge on any atom is 0.339 e. The molecule has 0 aliphatic rings. The van der Waals surface area contributed by atoms with Gasteiger partial charge in [0, 0.05) is 11.6 Å². The minimum Gasteiger partial charge on any atom is -0.494 e. The highest BCUT2D eigenvalue weighted by molar-refractivity contribution is 5.68. The van der Waals surface area contributed by atoms with Crippen molar-refractivity contribution in [2.45, 2.75) is 39.0 Å². The number of aromatic nitrogens is 1. The molecular weight excluding hydrogens is 362 g/mol. The second-order valence-corrected chi connectivity index (χ2v) is 6.94. The van der Waals surface area contributed by atoms with Crippen molar-refractivity contribution in [2.24, 2.45) is 0 Å². The van der Waals surface area contributed by atoms with Gasteiger partial charge in [-0.3, -0.25) is 0 Å². The fourth-order valence-corrected chi connectivity index (χ4v) is 2.96. The minimum absolute atomic E-state index is 0.302. The lowest BCUT2D eigenvalue weighted by Crippen LogP contribution is -2.02. The van der Waals surface area contributed by atoms with Crippen molar-refractivity contribution in [3.8, 4) is 17.2 Å². The lowest BCUT2D eigenvalue weighted by Gasteiger charge is -2.07. The fourth-order valence-electron chi connectivity index (χ4n) is 2.96. The van der Waals surface area contributed by atoms with Crippen LogP contribution in [0.25, 0.3) is 23.6 Å². The molecule has 0 unspecified atom stereocenters. The molecular formula is C25H27NO3. The summed E-state index contributed by atoms with van der Waals surface area (Å²) in [5, 5.41) is 0. The van der Waals surface area contributed by atoms with E-state index in [4.69, 9.17) is 9.15 Å². The van der Waals surface area contributed by atoms with Crippen molar-refractivity contribution in [3.63, 3.8) is 0 Å². The molecule has 3 aromatic rings. The molecule has 4 nitrogen and oxygen atoms in total. The molecule has 4 heteroatoms. The van der Waals surface area contributed by atoms with E-state index >= 15 is 0 Å². The maximum atomic E-state index is 11.9. The molecule has 1 aromatic heterocycles. The number of unbranched alkanes of at least 4 members (excludes halogenated alkanes) is 4. The van der Waals surface area contributed by atoms with Crippen LogP contribution in [0.4, 0.5) is 0 Å². The van der Waals surface area contributed by atoms with Crippen molar-refractivity contribution in [3.05, 3.63) is 82.3 Å². The Morgan fingerprint density at radius 1 is 0.931 bits per heavy atom. The van der Waals surface area contributed by atoms with Gasteiger partial charge in [-0.05, 0) is 42.3 Å². The zero-order valence-corrected chi connectivity index (χ0v) is 16.8. The van der Waals surface area contributed by atoms with Crippen LogP contribution in [0.5, 0.6) is 5.75 Å². The molecule has 0 radical (unpaired) electrons. The van der Waals surface area contributed by atoms with Gasteiger partial charge in [-0.25, -0.2) is 9.78 Å². The monoisotopic (exact) mass is 389 g/mol. The molecule has 150 valence electrons. The van der Waals surface area contributed by atoms with Crippen molar-refractivity contribution in [1.29, 1.82) is 0 Å². The van der Waals surface area contributed by atoms with Gasteiger partial charge in [0.05, 0.1) is 12.3 Å². The lowest BCUT2D eigenvalue weighted by molar-refractivity contribution is 0.304. The van der Waals surface area contributed by atoms with E-state index in [1.54, 1.807) is 0 Å². The van der Waals surface area contributed by atoms with Crippen molar-refractivity contribution < 1.29 is 9.15 Å². The van der Waals surface area contributed by atoms with E-state index in [1.165, 1.54) is 31.7 Å². The van der Waals surface area contributed by atoms with Gasteiger partial charge in [0.15, 0.2) is 0 Å². The van der Waals surface area contributed by atoms with Crippen LogP contribution in [0, 0.1) is 0 Å². The molecule has 3 rings (SSSR count). The number of ether oxygens (including phenoxy) is 1. The molecule has 0 atom stereocenters. The molecule has 2 aromatic carbocycles. The molecule has 0 fully saturated rings. The summed E-state index contributed by atoms with van der Waals surface area (Å²) in [7, 11) is 0. The summed E-state index contributed by atoms with van der Waals surface area (Å²) in [6.45, 7) is 2.93. The molecule has 0 spiro atoms. The summed E-state index contributed by atoms with van der Waals surface area (Å²) >= 11 is 0. The Morgan fingerprint density at radius 2 is 1.69 bits per heavy atom. The summed E-state index contributed by atoms with van der Waals surface area (Å²) < 4.78 is 11.1. The molecule has 0 N–H and O–H groups in total. The molecule has 29 heavy (non-hydrogen) atoms. The zero-order chi connectivity index (χ0) is 20.3. The largest absolute Gasteiger partial charge is 0.494 e. The third-order valence-electron chi connectivity index (χ3n) is 4.56. The smallest absolute Gasteiger partial charge is 0.339 e. The average molecular weight is 389 g/mol. The second kappa shape index (κ2) is 11.0. The quantitative estimate of drug-likeness (QED) is 0.386. The van der Waals surface area contributed by atoms with E-state index in [0.717, 1.165) is 29.9 Å². The van der Waals surface area contributed by atoms with Crippen molar-refractivity contribution in [2.75, 3.05) is 6.61 Å². The maximum absolute atomic E-state index is 11.9. The molecule has 1 heterocycles. The third kappa shape index (κ3) is 6.75. The van der Waals surface area contributed by atoms with Gasteiger partial charge < -0.3 is 9.15 Å². The van der Waals surface area contributed by atoms with Crippen LogP contribution in [0.3, 0.4) is 0 Å². The standard InChI is InChI=1S/C25H27NO3/c1-2-3-4-5-9-18-28-23-16-13-21(14-17-23)25-26-22(19-24(27)29-25)15-12-20-10-7-6-8-11-20/h6-8,10-17,19H,2-5,9,18H2,1H3. The SMILES string of the molecule is CCCCCCCOc1ccc(-c2nc(C=Cc3ccccc3)cc(=O)o2)cc1. The highest BCUT2D eigenvalue weighted by atomic mass is 16.5. The summed E-state index contributed by atoms with van der Waals surface area (Å²) in [6.07, 6.45) is 9.79. The Balaban J connectivity index is 1.63. The van der Waals surface area contributed by atoms with Gasteiger partial charge in [0.2, 0.25) is 5.89 Å². The van der Waals surface area contributed by atoms with Crippen molar-refractivity contribution >= 4 is 12.2 Å². The molecule has 0 aliphatic heterocycles. The Kier molecular flexibility index (Phi) is 7.81. The van der Waals surface area contributed by atoms with Gasteiger partial charge in [-0.2, -0.15) is 0 Å². The molecule has 0 bridgehead atoms. The van der Waals surface area contributed by atoms with Gasteiger partial charge in [0.1, 0.15) is 5.75 Å². The van der Waals surface area contributed by atoms with E-state index in [-0.39, 0.29) is 0 Å². The van der Waals surface area contributed by atoms with Crippen LogP contribution < -0.4 is 10.4 Å².